The minimum Gasteiger partial charge on any atom is -0.489 e. The molecule has 0 radical (unpaired) electrons. The van der Waals surface area contributed by atoms with Crippen molar-refractivity contribution < 1.29 is 14.3 Å². The number of amides is 1. The number of thioether (sulfide) groups is 1. The van der Waals surface area contributed by atoms with Crippen molar-refractivity contribution in [3.8, 4) is 5.75 Å². The van der Waals surface area contributed by atoms with Crippen LogP contribution in [0.2, 0.25) is 0 Å². The number of thiocarbonyl (C=S) groups is 1. The molecule has 28 heavy (non-hydrogen) atoms. The van der Waals surface area contributed by atoms with Crippen LogP contribution in [0.15, 0.2) is 53.4 Å². The highest BCUT2D eigenvalue weighted by Gasteiger charge is 2.31. The van der Waals surface area contributed by atoms with E-state index in [1.54, 1.807) is 12.0 Å². The number of benzene rings is 2. The summed E-state index contributed by atoms with van der Waals surface area (Å²) in [5.41, 5.74) is 3.26. The van der Waals surface area contributed by atoms with Gasteiger partial charge in [-0.1, -0.05) is 65.9 Å². The molecular weight excluding hydrogens is 390 g/mol. The average molecular weight is 414 g/mol. The number of carbonyl (C=O) groups excluding carboxylic acids is 1. The van der Waals surface area contributed by atoms with E-state index in [4.69, 9.17) is 21.7 Å². The Kier molecular flexibility index (Phi) is 7.25. The van der Waals surface area contributed by atoms with Gasteiger partial charge >= 0.3 is 0 Å². The van der Waals surface area contributed by atoms with Crippen molar-refractivity contribution in [1.29, 1.82) is 0 Å². The molecule has 0 atom stereocenters. The molecule has 146 valence electrons. The minimum absolute atomic E-state index is 0.0444. The maximum atomic E-state index is 12.6. The Bertz CT molecular complexity index is 878. The van der Waals surface area contributed by atoms with E-state index < -0.39 is 0 Å². The highest BCUT2D eigenvalue weighted by molar-refractivity contribution is 8.26. The average Bonchev–Trinajstić information content (AvgIpc) is 2.95. The molecule has 6 heteroatoms. The minimum atomic E-state index is -0.0444. The number of methoxy groups -OCH3 is 1. The molecule has 1 aliphatic heterocycles. The molecular formula is C22H23NO3S2. The van der Waals surface area contributed by atoms with Crippen molar-refractivity contribution in [3.05, 3.63) is 70.1 Å². The van der Waals surface area contributed by atoms with E-state index in [1.807, 2.05) is 30.3 Å². The first-order chi connectivity index (χ1) is 13.6. The molecule has 0 saturated carbocycles. The normalized spacial score (nSPS) is 15.5. The SMILES string of the molecule is COCCCN1C(=O)/C(=C/c2cccc(OCc3ccc(C)cc3)c2)SC1=S. The molecule has 0 aromatic heterocycles. The van der Waals surface area contributed by atoms with Crippen LogP contribution in [0.1, 0.15) is 23.1 Å². The summed E-state index contributed by atoms with van der Waals surface area (Å²) in [4.78, 5) is 14.9. The number of ether oxygens (including phenoxy) is 2. The maximum Gasteiger partial charge on any atom is 0.266 e. The summed E-state index contributed by atoms with van der Waals surface area (Å²) in [6.45, 7) is 3.76. The number of hydrogen-bond acceptors (Lipinski definition) is 5. The van der Waals surface area contributed by atoms with E-state index in [1.165, 1.54) is 17.3 Å². The van der Waals surface area contributed by atoms with Crippen molar-refractivity contribution in [2.24, 2.45) is 0 Å². The van der Waals surface area contributed by atoms with Crippen LogP contribution in [-0.2, 0) is 16.1 Å². The molecule has 2 aromatic carbocycles. The second-order valence-electron chi connectivity index (χ2n) is 6.53. The molecule has 0 bridgehead atoms. The molecule has 1 saturated heterocycles. The van der Waals surface area contributed by atoms with Crippen molar-refractivity contribution in [2.75, 3.05) is 20.3 Å². The first kappa shape index (κ1) is 20.6. The summed E-state index contributed by atoms with van der Waals surface area (Å²) in [7, 11) is 1.65. The Morgan fingerprint density at radius 1 is 1.18 bits per heavy atom. The molecule has 3 rings (SSSR count). The summed E-state index contributed by atoms with van der Waals surface area (Å²) in [6.07, 6.45) is 2.63. The van der Waals surface area contributed by atoms with E-state index >= 15 is 0 Å². The lowest BCUT2D eigenvalue weighted by Gasteiger charge is -2.13. The zero-order valence-electron chi connectivity index (χ0n) is 16.0. The molecule has 1 heterocycles. The quantitative estimate of drug-likeness (QED) is 0.353. The lowest BCUT2D eigenvalue weighted by atomic mass is 10.1. The monoisotopic (exact) mass is 413 g/mol. The number of nitrogens with zero attached hydrogens (tertiary/aromatic N) is 1. The van der Waals surface area contributed by atoms with Crippen molar-refractivity contribution in [1.82, 2.24) is 4.90 Å². The molecule has 4 nitrogen and oxygen atoms in total. The largest absolute Gasteiger partial charge is 0.489 e. The molecule has 2 aromatic rings. The second kappa shape index (κ2) is 9.87. The molecule has 1 amide bonds. The molecule has 1 fully saturated rings. The third-order valence-electron chi connectivity index (χ3n) is 4.29. The van der Waals surface area contributed by atoms with E-state index in [0.29, 0.717) is 29.0 Å². The van der Waals surface area contributed by atoms with Gasteiger partial charge in [0, 0.05) is 20.3 Å². The topological polar surface area (TPSA) is 38.8 Å². The highest BCUT2D eigenvalue weighted by Crippen LogP contribution is 2.33. The van der Waals surface area contributed by atoms with E-state index in [9.17, 15) is 4.79 Å². The van der Waals surface area contributed by atoms with Crippen LogP contribution < -0.4 is 4.74 Å². The van der Waals surface area contributed by atoms with E-state index in [0.717, 1.165) is 23.3 Å². The van der Waals surface area contributed by atoms with Gasteiger partial charge in [0.25, 0.3) is 5.91 Å². The smallest absolute Gasteiger partial charge is 0.266 e. The Morgan fingerprint density at radius 2 is 1.96 bits per heavy atom. The summed E-state index contributed by atoms with van der Waals surface area (Å²) in [5.74, 6) is 0.724. The Hall–Kier alpha value is -2.15. The first-order valence-electron chi connectivity index (χ1n) is 9.09. The van der Waals surface area contributed by atoms with Crippen molar-refractivity contribution >= 4 is 40.3 Å². The van der Waals surface area contributed by atoms with Gasteiger partial charge in [-0.05, 0) is 42.7 Å². The fourth-order valence-corrected chi connectivity index (χ4v) is 4.06. The Balaban J connectivity index is 1.65. The zero-order valence-corrected chi connectivity index (χ0v) is 17.6. The lowest BCUT2D eigenvalue weighted by Crippen LogP contribution is -2.29. The molecule has 0 spiro atoms. The molecule has 0 unspecified atom stereocenters. The number of hydrogen-bond donors (Lipinski definition) is 0. The van der Waals surface area contributed by atoms with Crippen molar-refractivity contribution in [3.63, 3.8) is 0 Å². The zero-order chi connectivity index (χ0) is 19.9. The van der Waals surface area contributed by atoms with Crippen LogP contribution in [0.4, 0.5) is 0 Å². The van der Waals surface area contributed by atoms with Gasteiger partial charge in [-0.3, -0.25) is 9.69 Å². The van der Waals surface area contributed by atoms with Gasteiger partial charge in [0.2, 0.25) is 0 Å². The van der Waals surface area contributed by atoms with Gasteiger partial charge in [-0.25, -0.2) is 0 Å². The van der Waals surface area contributed by atoms with Gasteiger partial charge in [0.05, 0.1) is 4.91 Å². The second-order valence-corrected chi connectivity index (χ2v) is 8.20. The maximum absolute atomic E-state index is 12.6. The van der Waals surface area contributed by atoms with Crippen LogP contribution in [0.25, 0.3) is 6.08 Å². The van der Waals surface area contributed by atoms with E-state index in [-0.39, 0.29) is 5.91 Å². The number of rotatable bonds is 8. The molecule has 0 aliphatic carbocycles. The third-order valence-corrected chi connectivity index (χ3v) is 5.66. The standard InChI is InChI=1S/C22H23NO3S2/c1-16-7-9-17(10-8-16)15-26-19-6-3-5-18(13-19)14-20-21(24)23(22(27)28-20)11-4-12-25-2/h3,5-10,13-14H,4,11-12,15H2,1-2H3/b20-14-. The summed E-state index contributed by atoms with van der Waals surface area (Å²) >= 11 is 6.69. The molecule has 1 aliphatic rings. The van der Waals surface area contributed by atoms with Gasteiger partial charge in [-0.2, -0.15) is 0 Å². The Labute approximate surface area is 175 Å². The fourth-order valence-electron chi connectivity index (χ4n) is 2.76. The summed E-state index contributed by atoms with van der Waals surface area (Å²) < 4.78 is 11.5. The van der Waals surface area contributed by atoms with Crippen LogP contribution in [-0.4, -0.2) is 35.4 Å². The van der Waals surface area contributed by atoms with Crippen LogP contribution in [0.5, 0.6) is 5.75 Å². The highest BCUT2D eigenvalue weighted by atomic mass is 32.2. The number of aryl methyl sites for hydroxylation is 1. The summed E-state index contributed by atoms with van der Waals surface area (Å²) in [5, 5.41) is 0. The van der Waals surface area contributed by atoms with Crippen LogP contribution in [0, 0.1) is 6.92 Å². The summed E-state index contributed by atoms with van der Waals surface area (Å²) in [6, 6.07) is 16.0. The van der Waals surface area contributed by atoms with Gasteiger partial charge in [0.15, 0.2) is 0 Å². The fraction of sp³-hybridized carbons (Fsp3) is 0.273. The number of carbonyl (C=O) groups is 1. The molecule has 0 N–H and O–H groups in total. The predicted octanol–water partition coefficient (Wildman–Crippen LogP) is 4.81. The van der Waals surface area contributed by atoms with Gasteiger partial charge < -0.3 is 9.47 Å². The third kappa shape index (κ3) is 5.44. The van der Waals surface area contributed by atoms with E-state index in [2.05, 4.69) is 31.2 Å². The predicted molar refractivity (Wildman–Crippen MR) is 118 cm³/mol. The van der Waals surface area contributed by atoms with Gasteiger partial charge in [-0.15, -0.1) is 0 Å². The van der Waals surface area contributed by atoms with Crippen LogP contribution >= 0.6 is 24.0 Å². The van der Waals surface area contributed by atoms with Gasteiger partial charge in [0.1, 0.15) is 16.7 Å². The Morgan fingerprint density at radius 3 is 2.71 bits per heavy atom. The first-order valence-corrected chi connectivity index (χ1v) is 10.3. The van der Waals surface area contributed by atoms with Crippen LogP contribution in [0.3, 0.4) is 0 Å². The van der Waals surface area contributed by atoms with Crippen molar-refractivity contribution in [2.45, 2.75) is 20.0 Å². The lowest BCUT2D eigenvalue weighted by molar-refractivity contribution is -0.122.